The maximum atomic E-state index is 9.17. The smallest absolute Gasteiger partial charge is 0.119 e. The van der Waals surface area contributed by atoms with Gasteiger partial charge in [-0.25, -0.2) is 0 Å². The third-order valence-corrected chi connectivity index (χ3v) is 2.45. The molecule has 0 radical (unpaired) electrons. The van der Waals surface area contributed by atoms with Gasteiger partial charge >= 0.3 is 0 Å². The van der Waals surface area contributed by atoms with E-state index in [2.05, 4.69) is 55.6 Å². The molecule has 0 spiro atoms. The minimum Gasteiger partial charge on any atom is -0.388 e. The van der Waals surface area contributed by atoms with E-state index in [-0.39, 0.29) is 0 Å². The Labute approximate surface area is 122 Å². The van der Waals surface area contributed by atoms with E-state index in [1.54, 1.807) is 0 Å². The number of hydrogen-bond donors (Lipinski definition) is 1. The molecule has 0 atom stereocenters. The van der Waals surface area contributed by atoms with Crippen molar-refractivity contribution < 1.29 is 4.79 Å². The first kappa shape index (κ1) is 17.9. The van der Waals surface area contributed by atoms with Crippen LogP contribution in [-0.2, 0) is 4.79 Å². The minimum atomic E-state index is 0.639. The molecule has 0 unspecified atom stereocenters. The van der Waals surface area contributed by atoms with Crippen molar-refractivity contribution in [1.29, 1.82) is 0 Å². The van der Waals surface area contributed by atoms with Crippen LogP contribution in [0.2, 0.25) is 0 Å². The number of hydrogen-bond acceptors (Lipinski definition) is 2. The second kappa shape index (κ2) is 12.0. The van der Waals surface area contributed by atoms with Crippen molar-refractivity contribution in [1.82, 2.24) is 0 Å². The molecule has 0 saturated carbocycles. The number of nitrogens with one attached hydrogen (secondary N) is 1. The van der Waals surface area contributed by atoms with Crippen molar-refractivity contribution in [2.24, 2.45) is 0 Å². The van der Waals surface area contributed by atoms with Gasteiger partial charge < -0.3 is 10.1 Å². The highest BCUT2D eigenvalue weighted by Gasteiger charge is 1.83. The number of carbonyl (C=O) groups is 1. The van der Waals surface area contributed by atoms with Gasteiger partial charge in [0.15, 0.2) is 0 Å². The number of aryl methyl sites for hydroxylation is 2. The summed E-state index contributed by atoms with van der Waals surface area (Å²) in [7, 11) is 1.92. The average Bonchev–Trinajstić information content (AvgIpc) is 2.50. The normalized spacial score (nSPS) is 8.40. The van der Waals surface area contributed by atoms with E-state index < -0.39 is 0 Å². The van der Waals surface area contributed by atoms with Gasteiger partial charge in [-0.2, -0.15) is 0 Å². The fourth-order valence-electron chi connectivity index (χ4n) is 1.25. The summed E-state index contributed by atoms with van der Waals surface area (Å²) in [6, 6.07) is 18.6. The number of anilines is 1. The van der Waals surface area contributed by atoms with Crippen LogP contribution in [0.15, 0.2) is 54.6 Å². The maximum Gasteiger partial charge on any atom is 0.119 e. The third-order valence-electron chi connectivity index (χ3n) is 2.45. The van der Waals surface area contributed by atoms with E-state index in [0.29, 0.717) is 6.42 Å². The van der Waals surface area contributed by atoms with Crippen molar-refractivity contribution in [2.45, 2.75) is 27.2 Å². The molecule has 2 nitrogen and oxygen atoms in total. The summed E-state index contributed by atoms with van der Waals surface area (Å²) in [6.07, 6.45) is 1.51. The molecule has 20 heavy (non-hydrogen) atoms. The summed E-state index contributed by atoms with van der Waals surface area (Å²) in [4.78, 5) is 9.17. The Bertz CT molecular complexity index is 449. The number of aldehydes is 1. The number of rotatable bonds is 2. The highest BCUT2D eigenvalue weighted by molar-refractivity contribution is 5.48. The molecule has 0 amide bonds. The zero-order chi connectivity index (χ0) is 15.2. The van der Waals surface area contributed by atoms with Gasteiger partial charge in [0.25, 0.3) is 0 Å². The van der Waals surface area contributed by atoms with Crippen LogP contribution in [0.5, 0.6) is 0 Å². The van der Waals surface area contributed by atoms with Crippen molar-refractivity contribution in [3.8, 4) is 0 Å². The van der Waals surface area contributed by atoms with Crippen LogP contribution in [0, 0.1) is 13.8 Å². The maximum absolute atomic E-state index is 9.17. The molecule has 2 rings (SSSR count). The predicted octanol–water partition coefficient (Wildman–Crippen LogP) is 4.63. The summed E-state index contributed by atoms with van der Waals surface area (Å²) >= 11 is 0. The summed E-state index contributed by atoms with van der Waals surface area (Å²) in [5, 5.41) is 3.05. The molecule has 2 heteroatoms. The lowest BCUT2D eigenvalue weighted by Gasteiger charge is -1.97. The van der Waals surface area contributed by atoms with E-state index in [4.69, 9.17) is 0 Å². The van der Waals surface area contributed by atoms with E-state index in [1.807, 2.05) is 32.2 Å². The molecule has 0 aliphatic carbocycles. The van der Waals surface area contributed by atoms with Gasteiger partial charge in [0.05, 0.1) is 0 Å². The van der Waals surface area contributed by atoms with Crippen molar-refractivity contribution in [3.05, 3.63) is 65.7 Å². The zero-order valence-electron chi connectivity index (χ0n) is 12.9. The molecule has 2 aromatic carbocycles. The van der Waals surface area contributed by atoms with Crippen LogP contribution >= 0.6 is 0 Å². The zero-order valence-corrected chi connectivity index (χ0v) is 12.9. The lowest BCUT2D eigenvalue weighted by atomic mass is 10.2. The molecule has 0 fully saturated rings. The lowest BCUT2D eigenvalue weighted by Crippen LogP contribution is -1.85. The van der Waals surface area contributed by atoms with E-state index in [0.717, 1.165) is 6.29 Å². The molecule has 0 bridgehead atoms. The van der Waals surface area contributed by atoms with Crippen LogP contribution in [0.4, 0.5) is 5.69 Å². The second-order valence-corrected chi connectivity index (χ2v) is 4.35. The highest BCUT2D eigenvalue weighted by atomic mass is 16.1. The number of benzene rings is 2. The van der Waals surface area contributed by atoms with Gasteiger partial charge in [0, 0.05) is 19.2 Å². The molecule has 0 saturated heterocycles. The summed E-state index contributed by atoms with van der Waals surface area (Å²) < 4.78 is 0. The van der Waals surface area contributed by atoms with Gasteiger partial charge in [-0.3, -0.25) is 0 Å². The van der Waals surface area contributed by atoms with E-state index in [9.17, 15) is 4.79 Å². The Kier molecular flexibility index (Phi) is 10.7. The van der Waals surface area contributed by atoms with Crippen LogP contribution in [0.1, 0.15) is 24.5 Å². The molecule has 0 aromatic heterocycles. The molecule has 1 N–H and O–H groups in total. The Morgan fingerprint density at radius 3 is 1.65 bits per heavy atom. The first-order valence-electron chi connectivity index (χ1n) is 6.83. The molecular formula is C18H25NO. The highest BCUT2D eigenvalue weighted by Crippen LogP contribution is 2.06. The molecular weight excluding hydrogens is 246 g/mol. The van der Waals surface area contributed by atoms with Crippen molar-refractivity contribution >= 4 is 12.0 Å². The Balaban J connectivity index is 0.000000293. The standard InChI is InChI=1S/C8H11N.C7H8.C3H6O/c1-7-3-5-8(9-2)6-4-7;1-7-5-3-2-4-6-7;1-2-3-4/h3-6,9H,1-2H3;2-6H,1H3;3H,2H2,1H3. The lowest BCUT2D eigenvalue weighted by molar-refractivity contribution is -0.107. The first-order chi connectivity index (χ1) is 9.63. The minimum absolute atomic E-state index is 0.639. The van der Waals surface area contributed by atoms with Crippen LogP contribution < -0.4 is 5.32 Å². The fraction of sp³-hybridized carbons (Fsp3) is 0.278. The SMILES string of the molecule is CCC=O.CNc1ccc(C)cc1.Cc1ccccc1. The second-order valence-electron chi connectivity index (χ2n) is 4.35. The van der Waals surface area contributed by atoms with Crippen LogP contribution in [0.3, 0.4) is 0 Å². The predicted molar refractivity (Wildman–Crippen MR) is 88.3 cm³/mol. The Hall–Kier alpha value is -2.09. The molecule has 2 aromatic rings. The largest absolute Gasteiger partial charge is 0.388 e. The molecule has 0 aliphatic rings. The molecule has 108 valence electrons. The van der Waals surface area contributed by atoms with Crippen LogP contribution in [-0.4, -0.2) is 13.3 Å². The fourth-order valence-corrected chi connectivity index (χ4v) is 1.25. The average molecular weight is 271 g/mol. The van der Waals surface area contributed by atoms with Gasteiger partial charge in [-0.15, -0.1) is 0 Å². The van der Waals surface area contributed by atoms with Crippen molar-refractivity contribution in [3.63, 3.8) is 0 Å². The molecule has 0 heterocycles. The van der Waals surface area contributed by atoms with E-state index in [1.165, 1.54) is 16.8 Å². The Morgan fingerprint density at radius 1 is 0.900 bits per heavy atom. The van der Waals surface area contributed by atoms with Gasteiger partial charge in [0.1, 0.15) is 6.29 Å². The summed E-state index contributed by atoms with van der Waals surface area (Å²) in [5.74, 6) is 0. The van der Waals surface area contributed by atoms with Gasteiger partial charge in [-0.1, -0.05) is 60.5 Å². The monoisotopic (exact) mass is 271 g/mol. The summed E-state index contributed by atoms with van der Waals surface area (Å²) in [5.41, 5.74) is 3.79. The number of carbonyl (C=O) groups excluding carboxylic acids is 1. The Morgan fingerprint density at radius 2 is 1.35 bits per heavy atom. The third kappa shape index (κ3) is 9.89. The van der Waals surface area contributed by atoms with Gasteiger partial charge in [0.2, 0.25) is 0 Å². The molecule has 0 aliphatic heterocycles. The first-order valence-corrected chi connectivity index (χ1v) is 6.83. The van der Waals surface area contributed by atoms with E-state index >= 15 is 0 Å². The van der Waals surface area contributed by atoms with Gasteiger partial charge in [-0.05, 0) is 26.0 Å². The van der Waals surface area contributed by atoms with Crippen molar-refractivity contribution in [2.75, 3.05) is 12.4 Å². The van der Waals surface area contributed by atoms with Crippen LogP contribution in [0.25, 0.3) is 0 Å². The quantitative estimate of drug-likeness (QED) is 0.807. The summed E-state index contributed by atoms with van der Waals surface area (Å²) in [6.45, 7) is 5.98. The topological polar surface area (TPSA) is 29.1 Å².